The second kappa shape index (κ2) is 12.6. The minimum Gasteiger partial charge on any atom is -0.425 e. The number of nitrogens with one attached hydrogen (secondary N) is 1. The quantitative estimate of drug-likeness (QED) is 0.199. The van der Waals surface area contributed by atoms with Gasteiger partial charge in [-0.3, -0.25) is 14.3 Å². The number of hydrogen-bond donors (Lipinski definition) is 1. The number of nitrogens with zero attached hydrogens (tertiary/aromatic N) is 5. The first-order chi connectivity index (χ1) is 21.0. The number of esters is 2. The summed E-state index contributed by atoms with van der Waals surface area (Å²) in [6.07, 6.45) is 2.11. The van der Waals surface area contributed by atoms with Gasteiger partial charge in [0.05, 0.1) is 5.41 Å². The van der Waals surface area contributed by atoms with Gasteiger partial charge in [0.25, 0.3) is 5.56 Å². The summed E-state index contributed by atoms with van der Waals surface area (Å²) < 4.78 is 14.5. The second-order valence-corrected chi connectivity index (χ2v) is 12.4. The monoisotopic (exact) mass is 600 g/mol. The lowest BCUT2D eigenvalue weighted by atomic mass is 9.96. The average Bonchev–Trinajstić information content (AvgIpc) is 3.62. The Labute approximate surface area is 256 Å². The summed E-state index contributed by atoms with van der Waals surface area (Å²) in [5, 5.41) is 14.3. The number of fused-ring (bicyclic) bond motifs is 1. The van der Waals surface area contributed by atoms with E-state index >= 15 is 0 Å². The minimum absolute atomic E-state index is 0.0441. The van der Waals surface area contributed by atoms with E-state index in [1.54, 1.807) is 25.5 Å². The highest BCUT2D eigenvalue weighted by Crippen LogP contribution is 2.33. The van der Waals surface area contributed by atoms with Crippen molar-refractivity contribution in [3.05, 3.63) is 75.7 Å². The predicted octanol–water partition coefficient (Wildman–Crippen LogP) is 5.41. The first kappa shape index (κ1) is 30.9. The molecule has 11 heteroatoms. The fourth-order valence-electron chi connectivity index (χ4n) is 5.75. The van der Waals surface area contributed by atoms with Crippen LogP contribution in [0.15, 0.2) is 53.3 Å². The van der Waals surface area contributed by atoms with Crippen molar-refractivity contribution in [2.24, 2.45) is 5.41 Å². The number of aromatic nitrogens is 6. The van der Waals surface area contributed by atoms with Gasteiger partial charge >= 0.3 is 11.9 Å². The molecular formula is C33H40N6O5. The second-order valence-electron chi connectivity index (χ2n) is 12.4. The van der Waals surface area contributed by atoms with E-state index in [1.165, 1.54) is 6.92 Å². The van der Waals surface area contributed by atoms with Crippen molar-refractivity contribution >= 4 is 11.9 Å². The lowest BCUT2D eigenvalue weighted by Crippen LogP contribution is -2.40. The van der Waals surface area contributed by atoms with Gasteiger partial charge < -0.3 is 9.47 Å². The van der Waals surface area contributed by atoms with Crippen LogP contribution in [-0.2, 0) is 31.9 Å². The molecule has 3 atom stereocenters. The van der Waals surface area contributed by atoms with Crippen molar-refractivity contribution in [2.75, 3.05) is 0 Å². The van der Waals surface area contributed by atoms with Crippen LogP contribution in [0.1, 0.15) is 89.7 Å². The summed E-state index contributed by atoms with van der Waals surface area (Å²) in [7, 11) is 0. The molecule has 3 unspecified atom stereocenters. The summed E-state index contributed by atoms with van der Waals surface area (Å²) >= 11 is 0. The average molecular weight is 601 g/mol. The van der Waals surface area contributed by atoms with Crippen molar-refractivity contribution < 1.29 is 19.1 Å². The first-order valence-electron chi connectivity index (χ1n) is 15.2. The fraction of sp³-hybridized carbons (Fsp3) is 0.455. The zero-order chi connectivity index (χ0) is 31.6. The fourth-order valence-corrected chi connectivity index (χ4v) is 5.75. The van der Waals surface area contributed by atoms with Gasteiger partial charge in [0.15, 0.2) is 11.9 Å². The van der Waals surface area contributed by atoms with E-state index in [-0.39, 0.29) is 11.6 Å². The van der Waals surface area contributed by atoms with E-state index in [2.05, 4.69) is 34.5 Å². The Morgan fingerprint density at radius 2 is 1.73 bits per heavy atom. The van der Waals surface area contributed by atoms with E-state index in [9.17, 15) is 14.4 Å². The molecule has 11 nitrogen and oxygen atoms in total. The molecule has 1 aliphatic heterocycles. The molecule has 1 N–H and O–H groups in total. The molecule has 5 rings (SSSR count). The molecule has 232 valence electrons. The summed E-state index contributed by atoms with van der Waals surface area (Å²) in [5.41, 5.74) is 4.58. The topological polar surface area (TPSA) is 134 Å². The Kier molecular flexibility index (Phi) is 8.85. The largest absolute Gasteiger partial charge is 0.425 e. The van der Waals surface area contributed by atoms with Crippen LogP contribution in [0, 0.1) is 5.41 Å². The highest BCUT2D eigenvalue weighted by Gasteiger charge is 2.37. The van der Waals surface area contributed by atoms with Crippen LogP contribution in [0.4, 0.5) is 0 Å². The van der Waals surface area contributed by atoms with Gasteiger partial charge in [0, 0.05) is 36.2 Å². The number of carbonyl (C=O) groups is 2. The van der Waals surface area contributed by atoms with Crippen molar-refractivity contribution in [3.8, 4) is 22.5 Å². The molecule has 0 saturated carbocycles. The van der Waals surface area contributed by atoms with Gasteiger partial charge in [-0.15, -0.1) is 5.10 Å². The smallest absolute Gasteiger partial charge is 0.334 e. The number of ether oxygens (including phenoxy) is 2. The van der Waals surface area contributed by atoms with Crippen molar-refractivity contribution in [1.82, 2.24) is 30.0 Å². The van der Waals surface area contributed by atoms with Crippen LogP contribution < -0.4 is 5.56 Å². The number of aromatic amines is 1. The number of carbonyl (C=O) groups excluding carboxylic acids is 2. The summed E-state index contributed by atoms with van der Waals surface area (Å²) in [6.45, 7) is 10.9. The van der Waals surface area contributed by atoms with E-state index in [1.807, 2.05) is 53.2 Å². The number of rotatable bonds is 9. The maximum absolute atomic E-state index is 14.1. The van der Waals surface area contributed by atoms with Gasteiger partial charge in [-0.25, -0.2) is 14.6 Å². The molecule has 2 aromatic heterocycles. The number of tetrazole rings is 1. The van der Waals surface area contributed by atoms with Gasteiger partial charge in [0.1, 0.15) is 0 Å². The third-order valence-electron chi connectivity index (χ3n) is 7.99. The number of H-pyrrole nitrogens is 1. The van der Waals surface area contributed by atoms with Gasteiger partial charge in [-0.2, -0.15) is 0 Å². The van der Waals surface area contributed by atoms with Crippen molar-refractivity contribution in [1.29, 1.82) is 0 Å². The third-order valence-corrected chi connectivity index (χ3v) is 7.99. The Morgan fingerprint density at radius 3 is 2.36 bits per heavy atom. The summed E-state index contributed by atoms with van der Waals surface area (Å²) in [5.74, 6) is -0.454. The molecule has 0 aliphatic carbocycles. The highest BCUT2D eigenvalue weighted by atomic mass is 16.7. The first-order valence-corrected chi connectivity index (χ1v) is 15.2. The predicted molar refractivity (Wildman–Crippen MR) is 165 cm³/mol. The zero-order valence-electron chi connectivity index (χ0n) is 26.2. The lowest BCUT2D eigenvalue weighted by Gasteiger charge is -2.32. The molecule has 4 aromatic rings. The third kappa shape index (κ3) is 6.22. The Morgan fingerprint density at radius 1 is 1.02 bits per heavy atom. The number of benzene rings is 2. The van der Waals surface area contributed by atoms with Crippen LogP contribution in [0.5, 0.6) is 0 Å². The Bertz CT molecular complexity index is 1680. The molecule has 0 fully saturated rings. The molecule has 1 aliphatic rings. The molecule has 0 radical (unpaired) electrons. The lowest BCUT2D eigenvalue weighted by molar-refractivity contribution is -0.193. The highest BCUT2D eigenvalue weighted by molar-refractivity contribution is 5.80. The SMILES string of the molecule is CCCc1c(Cc2ccc(-c3ccccc3-c3nnn[nH]3)cc2)c(=O)n2n1C(C)CCC2C(=O)OC(C)OC(=O)C(C)(C)C. The minimum atomic E-state index is -1.06. The van der Waals surface area contributed by atoms with Crippen LogP contribution >= 0.6 is 0 Å². The zero-order valence-corrected chi connectivity index (χ0v) is 26.2. The van der Waals surface area contributed by atoms with Crippen LogP contribution in [0.2, 0.25) is 0 Å². The van der Waals surface area contributed by atoms with Crippen molar-refractivity contribution in [3.63, 3.8) is 0 Å². The Hall–Kier alpha value is -4.54. The standard InChI is InChI=1S/C33H40N6O5/c1-7-10-27-26(19-22-14-16-23(17-15-22)24-11-8-9-12-25(24)29-34-36-37-35-29)30(40)39-28(18-13-20(2)38(27)39)31(41)43-21(3)44-32(42)33(4,5)6/h8-9,11-12,14-17,20-21,28H,7,10,13,18-19H2,1-6H3,(H,34,35,36,37). The molecule has 2 aromatic carbocycles. The molecule has 0 saturated heterocycles. The molecule has 44 heavy (non-hydrogen) atoms. The maximum atomic E-state index is 14.1. The number of hydrogen-bond acceptors (Lipinski definition) is 8. The molecule has 3 heterocycles. The van der Waals surface area contributed by atoms with Crippen molar-refractivity contribution in [2.45, 2.75) is 92.0 Å². The van der Waals surface area contributed by atoms with E-state index in [0.717, 1.165) is 40.8 Å². The van der Waals surface area contributed by atoms with E-state index in [4.69, 9.17) is 9.47 Å². The van der Waals surface area contributed by atoms with Gasteiger partial charge in [-0.1, -0.05) is 61.9 Å². The molecular weight excluding hydrogens is 560 g/mol. The molecule has 0 amide bonds. The van der Waals surface area contributed by atoms with Crippen LogP contribution in [0.3, 0.4) is 0 Å². The maximum Gasteiger partial charge on any atom is 0.334 e. The van der Waals surface area contributed by atoms with Crippen LogP contribution in [-0.4, -0.2) is 48.2 Å². The summed E-state index contributed by atoms with van der Waals surface area (Å²) in [6, 6.07) is 15.3. The van der Waals surface area contributed by atoms with Gasteiger partial charge in [-0.05, 0) is 74.1 Å². The van der Waals surface area contributed by atoms with E-state index < -0.39 is 29.7 Å². The molecule has 0 spiro atoms. The normalized spacial score (nSPS) is 17.1. The Balaban J connectivity index is 1.43. The van der Waals surface area contributed by atoms with E-state index in [0.29, 0.717) is 30.7 Å². The summed E-state index contributed by atoms with van der Waals surface area (Å²) in [4.78, 5) is 39.8. The van der Waals surface area contributed by atoms with Crippen LogP contribution in [0.25, 0.3) is 22.5 Å². The molecule has 0 bridgehead atoms. The van der Waals surface area contributed by atoms with Gasteiger partial charge in [0.2, 0.25) is 6.29 Å².